The van der Waals surface area contributed by atoms with Crippen LogP contribution in [0.4, 0.5) is 30.4 Å². The van der Waals surface area contributed by atoms with Gasteiger partial charge < -0.3 is 35.2 Å². The zero-order chi connectivity index (χ0) is 45.2. The number of rotatable bonds is 16. The lowest BCUT2D eigenvalue weighted by Crippen LogP contribution is -2.39. The number of carbonyl (C=O) groups is 6. The Hall–Kier alpha value is -7.40. The van der Waals surface area contributed by atoms with Crippen LogP contribution < -0.4 is 26.0 Å². The predicted octanol–water partition coefficient (Wildman–Crippen LogP) is 5.93. The topological polar surface area (TPSA) is 217 Å². The molecule has 1 aromatic heterocycles. The van der Waals surface area contributed by atoms with Crippen molar-refractivity contribution < 1.29 is 56.5 Å². The van der Waals surface area contributed by atoms with E-state index in [1.165, 1.54) is 0 Å². The number of nitrogens with two attached hydrogens (primary N) is 1. The number of aryl methyl sites for hydroxylation is 1. The van der Waals surface area contributed by atoms with Gasteiger partial charge in [-0.25, -0.2) is 14.6 Å². The van der Waals surface area contributed by atoms with E-state index in [2.05, 4.69) is 15.6 Å². The molecule has 0 saturated carbocycles. The second-order valence-electron chi connectivity index (χ2n) is 14.7. The molecule has 4 aromatic carbocycles. The Morgan fingerprint density at radius 1 is 0.857 bits per heavy atom. The number of nitrogens with zero attached hydrogens (tertiary/aromatic N) is 2. The van der Waals surface area contributed by atoms with Crippen LogP contribution in [0.2, 0.25) is 0 Å². The molecule has 0 spiro atoms. The van der Waals surface area contributed by atoms with Crippen LogP contribution in [-0.4, -0.2) is 76.8 Å². The number of hydrogen-bond acceptors (Lipinski definition) is 11. The molecule has 0 bridgehead atoms. The first-order valence-electron chi connectivity index (χ1n) is 19.7. The molecule has 2 aliphatic heterocycles. The number of anilines is 3. The number of aldehydes is 2. The van der Waals surface area contributed by atoms with Crippen molar-refractivity contribution in [2.24, 2.45) is 0 Å². The molecular weight excluding hydrogens is 824 g/mol. The molecule has 14 nitrogen and oxygen atoms in total. The first-order valence-corrected chi connectivity index (χ1v) is 19.7. The monoisotopic (exact) mass is 865 g/mol. The molecule has 17 heteroatoms. The number of fused-ring (bicyclic) bond motifs is 1. The van der Waals surface area contributed by atoms with Gasteiger partial charge in [-0.15, -0.1) is 0 Å². The average Bonchev–Trinajstić information content (AvgIpc) is 3.95. The van der Waals surface area contributed by atoms with Gasteiger partial charge in [0.05, 0.1) is 30.1 Å². The number of amides is 2. The van der Waals surface area contributed by atoms with E-state index in [4.69, 9.17) is 25.1 Å². The fraction of sp³-hybridized carbons (Fsp3) is 0.239. The summed E-state index contributed by atoms with van der Waals surface area (Å²) in [5.41, 5.74) is 8.10. The molecule has 2 aliphatic rings. The third-order valence-electron chi connectivity index (χ3n) is 10.5. The highest BCUT2D eigenvalue weighted by Crippen LogP contribution is 2.45. The zero-order valence-electron chi connectivity index (χ0n) is 33.6. The first-order chi connectivity index (χ1) is 30.2. The summed E-state index contributed by atoms with van der Waals surface area (Å²) in [6.45, 7) is 0.233. The highest BCUT2D eigenvalue weighted by atomic mass is 19.4. The minimum Gasteiger partial charge on any atom is -0.490 e. The average molecular weight is 866 g/mol. The number of esters is 1. The van der Waals surface area contributed by atoms with Crippen molar-refractivity contribution in [2.45, 2.75) is 56.0 Å². The number of aliphatic carboxylic acids is 1. The van der Waals surface area contributed by atoms with Gasteiger partial charge in [0.25, 0.3) is 11.8 Å². The van der Waals surface area contributed by atoms with Crippen LogP contribution in [0.15, 0.2) is 115 Å². The predicted molar refractivity (Wildman–Crippen MR) is 224 cm³/mol. The van der Waals surface area contributed by atoms with Gasteiger partial charge in [-0.1, -0.05) is 72.8 Å². The molecular formula is C46H42F3N5O9. The maximum Gasteiger partial charge on any atom is 0.490 e. The second-order valence-corrected chi connectivity index (χ2v) is 14.7. The molecule has 63 heavy (non-hydrogen) atoms. The molecule has 5 aromatic rings. The molecule has 2 amide bonds. The summed E-state index contributed by atoms with van der Waals surface area (Å²) in [4.78, 5) is 79.9. The van der Waals surface area contributed by atoms with Gasteiger partial charge in [-0.05, 0) is 77.9 Å². The number of carbonyl (C=O) groups excluding carboxylic acids is 5. The molecule has 326 valence electrons. The van der Waals surface area contributed by atoms with Gasteiger partial charge in [-0.3, -0.25) is 19.8 Å². The summed E-state index contributed by atoms with van der Waals surface area (Å²) in [7, 11) is 0. The van der Waals surface area contributed by atoms with Crippen LogP contribution in [0.3, 0.4) is 0 Å². The van der Waals surface area contributed by atoms with Crippen molar-refractivity contribution in [3.63, 3.8) is 0 Å². The summed E-state index contributed by atoms with van der Waals surface area (Å²) in [5, 5.41) is 12.9. The van der Waals surface area contributed by atoms with Crippen molar-refractivity contribution in [1.29, 1.82) is 0 Å². The van der Waals surface area contributed by atoms with Crippen LogP contribution in [0.1, 0.15) is 46.3 Å². The highest BCUT2D eigenvalue weighted by Gasteiger charge is 2.72. The van der Waals surface area contributed by atoms with Gasteiger partial charge in [0, 0.05) is 24.6 Å². The molecule has 1 fully saturated rings. The number of unbranched alkanes of at least 4 members (excludes halogenated alkanes) is 1. The number of ether oxygens (including phenoxy) is 2. The number of nitrogens with one attached hydrogen (secondary N) is 2. The lowest BCUT2D eigenvalue weighted by molar-refractivity contribution is -0.192. The number of carboxylic acid groups (broad SMARTS) is 1. The van der Waals surface area contributed by atoms with Crippen LogP contribution in [-0.2, 0) is 48.2 Å². The van der Waals surface area contributed by atoms with E-state index in [0.717, 1.165) is 29.5 Å². The first kappa shape index (κ1) is 45.1. The molecule has 0 aliphatic carbocycles. The van der Waals surface area contributed by atoms with E-state index in [1.54, 1.807) is 41.4 Å². The van der Waals surface area contributed by atoms with E-state index < -0.39 is 29.2 Å². The molecule has 2 atom stereocenters. The Labute approximate surface area is 359 Å². The van der Waals surface area contributed by atoms with E-state index >= 15 is 0 Å². The van der Waals surface area contributed by atoms with Crippen LogP contribution in [0.5, 0.6) is 5.75 Å². The van der Waals surface area contributed by atoms with Crippen LogP contribution >= 0.6 is 0 Å². The van der Waals surface area contributed by atoms with Gasteiger partial charge in [0.1, 0.15) is 30.3 Å². The smallest absolute Gasteiger partial charge is 0.490 e. The van der Waals surface area contributed by atoms with E-state index in [9.17, 15) is 37.1 Å². The normalized spacial score (nSPS) is 17.8. The van der Waals surface area contributed by atoms with Gasteiger partial charge in [0.15, 0.2) is 11.6 Å². The summed E-state index contributed by atoms with van der Waals surface area (Å²) >= 11 is 0. The Bertz CT molecular complexity index is 2490. The highest BCUT2D eigenvalue weighted by molar-refractivity contribution is 6.14. The number of pyridine rings is 1. The Morgan fingerprint density at radius 3 is 2.16 bits per heavy atom. The Balaban J connectivity index is 0.000000871. The van der Waals surface area contributed by atoms with E-state index in [-0.39, 0.29) is 37.8 Å². The number of aromatic nitrogens is 1. The largest absolute Gasteiger partial charge is 0.490 e. The third kappa shape index (κ3) is 10.4. The molecule has 1 saturated heterocycles. The second kappa shape index (κ2) is 19.5. The van der Waals surface area contributed by atoms with Crippen molar-refractivity contribution in [1.82, 2.24) is 15.6 Å². The van der Waals surface area contributed by atoms with Crippen molar-refractivity contribution in [3.8, 4) is 16.9 Å². The Kier molecular flexibility index (Phi) is 14.0. The molecule has 1 unspecified atom stereocenters. The number of benzene rings is 4. The van der Waals surface area contributed by atoms with Crippen molar-refractivity contribution in [2.75, 3.05) is 23.8 Å². The number of carboxylic acids is 1. The van der Waals surface area contributed by atoms with Crippen LogP contribution in [0.25, 0.3) is 11.1 Å². The number of halogens is 3. The quantitative estimate of drug-likeness (QED) is 0.0393. The summed E-state index contributed by atoms with van der Waals surface area (Å²) in [6, 6.07) is 33.2. The summed E-state index contributed by atoms with van der Waals surface area (Å²) in [5.74, 6) is -3.22. The third-order valence-corrected chi connectivity index (χ3v) is 10.5. The van der Waals surface area contributed by atoms with E-state index in [0.29, 0.717) is 65.2 Å². The number of nitrogen functional groups attached to an aromatic ring is 1. The maximum atomic E-state index is 13.9. The summed E-state index contributed by atoms with van der Waals surface area (Å²) in [6.07, 6.45) is -0.217. The molecule has 0 radical (unpaired) electrons. The zero-order valence-corrected chi connectivity index (χ0v) is 33.6. The lowest BCUT2D eigenvalue weighted by Gasteiger charge is -2.26. The molecule has 5 N–H and O–H groups in total. The maximum absolute atomic E-state index is 13.9. The van der Waals surface area contributed by atoms with Crippen molar-refractivity contribution in [3.05, 3.63) is 138 Å². The lowest BCUT2D eigenvalue weighted by atomic mass is 9.85. The van der Waals surface area contributed by atoms with Crippen molar-refractivity contribution >= 4 is 53.5 Å². The van der Waals surface area contributed by atoms with E-state index in [1.807, 2.05) is 78.9 Å². The minimum absolute atomic E-state index is 0.00553. The van der Waals surface area contributed by atoms with Crippen LogP contribution in [0, 0.1) is 0 Å². The molecule has 3 heterocycles. The van der Waals surface area contributed by atoms with Gasteiger partial charge in [-0.2, -0.15) is 13.2 Å². The minimum atomic E-state index is -5.08. The number of alkyl halides is 3. The van der Waals surface area contributed by atoms with Gasteiger partial charge >= 0.3 is 18.1 Å². The standard InChI is InChI=1S/C44H41N5O7.C2HF3O2/c45-40-38(15-9-21-46-40)55-23-8-7-10-30-16-18-37-35(24-30)41(53)47-27-39(52)49(37)36-19-17-32(25-34(36)33-13-5-2-6-14-33)26-44(43(29-51,48-44)20-22-50)42(54)56-28-31-11-3-1-4-12-31;3-2(4,5)1(6)7/h1-6,9,11-19,21-22,24-25,29,48H,7-8,10,20,23,26-28H2,(H2,45,46)(H,47,53);(H,6,7)/t43?,44-;/m0./s1. The summed E-state index contributed by atoms with van der Waals surface area (Å²) < 4.78 is 43.2. The fourth-order valence-electron chi connectivity index (χ4n) is 7.26. The van der Waals surface area contributed by atoms with Gasteiger partial charge in [0.2, 0.25) is 0 Å². The molecule has 7 rings (SSSR count). The fourth-order valence-corrected chi connectivity index (χ4v) is 7.26. The Morgan fingerprint density at radius 2 is 1.51 bits per heavy atom. The number of hydrogen-bond donors (Lipinski definition) is 4. The SMILES string of the molecule is Nc1ncccc1OCCCCc1ccc2c(c1)C(=O)NCC(=O)N2c1ccc(C[C@@]2(C(=O)OCc3ccccc3)NC2(C=O)CC=O)cc1-c1ccccc1.O=C(O)C(F)(F)F.